The molecule has 0 bridgehead atoms. The van der Waals surface area contributed by atoms with Crippen molar-refractivity contribution in [1.29, 1.82) is 0 Å². The molecule has 1 atom stereocenters. The number of rotatable bonds is 3. The first-order valence-corrected chi connectivity index (χ1v) is 11.0. The minimum Gasteiger partial charge on any atom is -0.366 e. The van der Waals surface area contributed by atoms with Crippen molar-refractivity contribution in [3.05, 3.63) is 83.6 Å². The predicted octanol–water partition coefficient (Wildman–Crippen LogP) is 5.16. The molecule has 3 aromatic rings. The fourth-order valence-electron chi connectivity index (χ4n) is 4.81. The average molecular weight is 411 g/mol. The van der Waals surface area contributed by atoms with Crippen molar-refractivity contribution < 1.29 is 9.59 Å². The molecule has 4 nitrogen and oxygen atoms in total. The van der Waals surface area contributed by atoms with E-state index in [1.165, 1.54) is 4.90 Å². The molecule has 4 heteroatoms. The standard InChI is InChI=1S/C27H26N2O2/c1-18-12-14-21(15-13-18)24-25(28-16-6-7-19(2)17-28)27(31)29(26(24)30)23-11-5-9-20-8-3-4-10-22(20)23/h3-5,8-15,19H,6-7,16-17H2,1-2H3. The zero-order valence-electron chi connectivity index (χ0n) is 18.0. The third kappa shape index (κ3) is 3.32. The summed E-state index contributed by atoms with van der Waals surface area (Å²) >= 11 is 0. The lowest BCUT2D eigenvalue weighted by atomic mass is 9.97. The number of anilines is 1. The number of imide groups is 1. The summed E-state index contributed by atoms with van der Waals surface area (Å²) in [6.45, 7) is 5.84. The first-order chi connectivity index (χ1) is 15.0. The lowest BCUT2D eigenvalue weighted by Gasteiger charge is -2.33. The van der Waals surface area contributed by atoms with Crippen LogP contribution in [0.1, 0.15) is 30.9 Å². The van der Waals surface area contributed by atoms with Crippen LogP contribution in [0.5, 0.6) is 0 Å². The van der Waals surface area contributed by atoms with Gasteiger partial charge >= 0.3 is 0 Å². The summed E-state index contributed by atoms with van der Waals surface area (Å²) < 4.78 is 0. The number of fused-ring (bicyclic) bond motifs is 1. The first kappa shape index (κ1) is 19.6. The number of piperidine rings is 1. The van der Waals surface area contributed by atoms with Gasteiger partial charge in [-0.15, -0.1) is 0 Å². The molecule has 0 aliphatic carbocycles. The summed E-state index contributed by atoms with van der Waals surface area (Å²) in [7, 11) is 0. The zero-order valence-corrected chi connectivity index (χ0v) is 18.0. The van der Waals surface area contributed by atoms with Gasteiger partial charge in [0.15, 0.2) is 0 Å². The Labute approximate surface area is 182 Å². The number of aryl methyl sites for hydroxylation is 1. The highest BCUT2D eigenvalue weighted by Gasteiger charge is 2.43. The molecule has 31 heavy (non-hydrogen) atoms. The summed E-state index contributed by atoms with van der Waals surface area (Å²) in [6.07, 6.45) is 2.18. The molecular formula is C27H26N2O2. The molecule has 1 fully saturated rings. The second-order valence-corrected chi connectivity index (χ2v) is 8.73. The monoisotopic (exact) mass is 410 g/mol. The molecule has 1 saturated heterocycles. The molecule has 2 heterocycles. The van der Waals surface area contributed by atoms with E-state index in [2.05, 4.69) is 11.8 Å². The quantitative estimate of drug-likeness (QED) is 0.560. The van der Waals surface area contributed by atoms with Crippen molar-refractivity contribution >= 4 is 33.8 Å². The number of hydrogen-bond donors (Lipinski definition) is 0. The predicted molar refractivity (Wildman–Crippen MR) is 125 cm³/mol. The van der Waals surface area contributed by atoms with E-state index in [1.54, 1.807) is 0 Å². The second-order valence-electron chi connectivity index (χ2n) is 8.73. The van der Waals surface area contributed by atoms with Gasteiger partial charge in [-0.05, 0) is 42.7 Å². The molecular weight excluding hydrogens is 384 g/mol. The molecule has 2 aliphatic rings. The maximum atomic E-state index is 13.8. The summed E-state index contributed by atoms with van der Waals surface area (Å²) in [5, 5.41) is 1.92. The molecule has 0 saturated carbocycles. The van der Waals surface area contributed by atoms with E-state index in [-0.39, 0.29) is 11.8 Å². The summed E-state index contributed by atoms with van der Waals surface area (Å²) in [5.74, 6) is 0.0412. The molecule has 0 aromatic heterocycles. The smallest absolute Gasteiger partial charge is 0.282 e. The Hall–Kier alpha value is -3.40. The Morgan fingerprint density at radius 2 is 1.61 bits per heavy atom. The van der Waals surface area contributed by atoms with Crippen LogP contribution in [0.3, 0.4) is 0 Å². The van der Waals surface area contributed by atoms with Crippen molar-refractivity contribution in [1.82, 2.24) is 4.90 Å². The number of likely N-dealkylation sites (tertiary alicyclic amines) is 1. The average Bonchev–Trinajstić information content (AvgIpc) is 3.04. The fourth-order valence-corrected chi connectivity index (χ4v) is 4.81. The van der Waals surface area contributed by atoms with Crippen LogP contribution in [-0.4, -0.2) is 29.8 Å². The molecule has 5 rings (SSSR count). The molecule has 156 valence electrons. The zero-order chi connectivity index (χ0) is 21.5. The van der Waals surface area contributed by atoms with Gasteiger partial charge in [0, 0.05) is 18.5 Å². The molecule has 2 amide bonds. The topological polar surface area (TPSA) is 40.6 Å². The van der Waals surface area contributed by atoms with E-state index in [4.69, 9.17) is 0 Å². The van der Waals surface area contributed by atoms with Crippen LogP contribution in [0.15, 0.2) is 72.4 Å². The van der Waals surface area contributed by atoms with Crippen LogP contribution in [0.2, 0.25) is 0 Å². The van der Waals surface area contributed by atoms with E-state index in [9.17, 15) is 9.59 Å². The van der Waals surface area contributed by atoms with Crippen LogP contribution < -0.4 is 4.90 Å². The Morgan fingerprint density at radius 1 is 0.871 bits per heavy atom. The van der Waals surface area contributed by atoms with Crippen LogP contribution in [0, 0.1) is 12.8 Å². The number of nitrogens with zero attached hydrogens (tertiary/aromatic N) is 2. The summed E-state index contributed by atoms with van der Waals surface area (Å²) in [6, 6.07) is 21.6. The highest BCUT2D eigenvalue weighted by atomic mass is 16.2. The lowest BCUT2D eigenvalue weighted by molar-refractivity contribution is -0.120. The van der Waals surface area contributed by atoms with E-state index in [1.807, 2.05) is 73.7 Å². The van der Waals surface area contributed by atoms with Crippen molar-refractivity contribution in [3.63, 3.8) is 0 Å². The van der Waals surface area contributed by atoms with Gasteiger partial charge in [-0.2, -0.15) is 0 Å². The van der Waals surface area contributed by atoms with Gasteiger partial charge in [-0.25, -0.2) is 4.90 Å². The van der Waals surface area contributed by atoms with Gasteiger partial charge < -0.3 is 4.90 Å². The summed E-state index contributed by atoms with van der Waals surface area (Å²) in [4.78, 5) is 31.1. The largest absolute Gasteiger partial charge is 0.366 e. The maximum absolute atomic E-state index is 13.8. The number of benzene rings is 3. The van der Waals surface area contributed by atoms with E-state index in [0.29, 0.717) is 22.9 Å². The fraction of sp³-hybridized carbons (Fsp3) is 0.259. The molecule has 2 aliphatic heterocycles. The van der Waals surface area contributed by atoms with Crippen LogP contribution in [-0.2, 0) is 9.59 Å². The summed E-state index contributed by atoms with van der Waals surface area (Å²) in [5.41, 5.74) is 3.65. The Kier molecular flexibility index (Phi) is 4.85. The highest BCUT2D eigenvalue weighted by molar-refractivity contribution is 6.46. The molecule has 0 spiro atoms. The molecule has 0 N–H and O–H groups in total. The number of carbonyl (C=O) groups excluding carboxylic acids is 2. The van der Waals surface area contributed by atoms with Gasteiger partial charge in [0.05, 0.1) is 11.3 Å². The van der Waals surface area contributed by atoms with Crippen molar-refractivity contribution in [2.45, 2.75) is 26.7 Å². The van der Waals surface area contributed by atoms with Crippen molar-refractivity contribution in [2.24, 2.45) is 5.92 Å². The minimum atomic E-state index is -0.238. The van der Waals surface area contributed by atoms with Crippen molar-refractivity contribution in [3.8, 4) is 0 Å². The maximum Gasteiger partial charge on any atom is 0.282 e. The van der Waals surface area contributed by atoms with E-state index < -0.39 is 0 Å². The van der Waals surface area contributed by atoms with E-state index in [0.717, 1.165) is 47.8 Å². The minimum absolute atomic E-state index is 0.217. The third-order valence-electron chi connectivity index (χ3n) is 6.38. The SMILES string of the molecule is Cc1ccc(C2=C(N3CCCC(C)C3)C(=O)N(c3cccc4ccccc34)C2=O)cc1. The third-order valence-corrected chi connectivity index (χ3v) is 6.38. The van der Waals surface area contributed by atoms with Gasteiger partial charge in [-0.3, -0.25) is 9.59 Å². The van der Waals surface area contributed by atoms with Gasteiger partial charge in [0.1, 0.15) is 5.70 Å². The normalized spacial score (nSPS) is 19.6. The van der Waals surface area contributed by atoms with Crippen molar-refractivity contribution in [2.75, 3.05) is 18.0 Å². The molecule has 0 radical (unpaired) electrons. The Morgan fingerprint density at radius 3 is 2.39 bits per heavy atom. The first-order valence-electron chi connectivity index (χ1n) is 11.0. The van der Waals surface area contributed by atoms with Gasteiger partial charge in [0.25, 0.3) is 11.8 Å². The molecule has 3 aromatic carbocycles. The van der Waals surface area contributed by atoms with Gasteiger partial charge in [0.2, 0.25) is 0 Å². The van der Waals surface area contributed by atoms with Crippen LogP contribution in [0.25, 0.3) is 16.3 Å². The lowest BCUT2D eigenvalue weighted by Crippen LogP contribution is -2.39. The van der Waals surface area contributed by atoms with Crippen LogP contribution >= 0.6 is 0 Å². The number of hydrogen-bond acceptors (Lipinski definition) is 3. The Bertz CT molecular complexity index is 1200. The Balaban J connectivity index is 1.67. The van der Waals surface area contributed by atoms with E-state index >= 15 is 0 Å². The highest BCUT2D eigenvalue weighted by Crippen LogP contribution is 2.38. The second kappa shape index (κ2) is 7.69. The van der Waals surface area contributed by atoms with Crippen LogP contribution in [0.4, 0.5) is 5.69 Å². The molecule has 1 unspecified atom stereocenters. The van der Waals surface area contributed by atoms with Gasteiger partial charge in [-0.1, -0.05) is 73.2 Å². The number of carbonyl (C=O) groups is 2. The number of amides is 2.